The average molecular weight is 342 g/mol. The molecule has 134 valence electrons. The molecule has 0 bridgehead atoms. The van der Waals surface area contributed by atoms with Crippen molar-refractivity contribution in [1.29, 1.82) is 0 Å². The van der Waals surface area contributed by atoms with Crippen LogP contribution in [0, 0.1) is 5.92 Å². The van der Waals surface area contributed by atoms with E-state index in [1.54, 1.807) is 4.90 Å². The monoisotopic (exact) mass is 342 g/mol. The molecule has 0 spiro atoms. The summed E-state index contributed by atoms with van der Waals surface area (Å²) in [6.07, 6.45) is 1.50. The Morgan fingerprint density at radius 1 is 1.12 bits per heavy atom. The number of aliphatic hydroxyl groups is 1. The molecule has 1 aliphatic rings. The van der Waals surface area contributed by atoms with Crippen LogP contribution >= 0.6 is 0 Å². The number of carbonyl (C=O) groups is 1. The van der Waals surface area contributed by atoms with E-state index in [0.29, 0.717) is 26.1 Å². The first-order valence-electron chi connectivity index (χ1n) is 8.98. The molecule has 3 rings (SSSR count). The summed E-state index contributed by atoms with van der Waals surface area (Å²) >= 11 is 0. The minimum Gasteiger partial charge on any atom is -0.383 e. The predicted octanol–water partition coefficient (Wildman–Crippen LogP) is 1.46. The molecule has 1 amide bonds. The van der Waals surface area contributed by atoms with E-state index < -0.39 is 6.10 Å². The summed E-state index contributed by atoms with van der Waals surface area (Å²) in [5.74, 6) is 1.64. The van der Waals surface area contributed by atoms with Crippen LogP contribution in [-0.4, -0.2) is 49.9 Å². The lowest BCUT2D eigenvalue weighted by Crippen LogP contribution is -2.43. The average Bonchev–Trinajstić information content (AvgIpc) is 2.89. The zero-order valence-electron chi connectivity index (χ0n) is 14.9. The molecule has 0 fully saturated rings. The largest absolute Gasteiger partial charge is 0.383 e. The van der Waals surface area contributed by atoms with E-state index in [-0.39, 0.29) is 11.8 Å². The molecular weight excluding hydrogens is 316 g/mol. The van der Waals surface area contributed by atoms with Crippen LogP contribution in [0.1, 0.15) is 31.1 Å². The van der Waals surface area contributed by atoms with Gasteiger partial charge >= 0.3 is 0 Å². The van der Waals surface area contributed by atoms with Gasteiger partial charge in [0, 0.05) is 32.5 Å². The SMILES string of the molecule is CC(C)[C@H](O)C(=O)N1CCc2nnc(CCc3ccccc3)n2CC1. The van der Waals surface area contributed by atoms with E-state index in [2.05, 4.69) is 26.9 Å². The molecule has 25 heavy (non-hydrogen) atoms. The summed E-state index contributed by atoms with van der Waals surface area (Å²) in [6, 6.07) is 10.3. The van der Waals surface area contributed by atoms with Crippen molar-refractivity contribution in [3.05, 3.63) is 47.5 Å². The van der Waals surface area contributed by atoms with Crippen molar-refractivity contribution < 1.29 is 9.90 Å². The zero-order valence-corrected chi connectivity index (χ0v) is 14.9. The summed E-state index contributed by atoms with van der Waals surface area (Å²) in [7, 11) is 0. The number of aliphatic hydroxyl groups excluding tert-OH is 1. The van der Waals surface area contributed by atoms with Gasteiger partial charge in [0.2, 0.25) is 0 Å². The summed E-state index contributed by atoms with van der Waals surface area (Å²) < 4.78 is 2.14. The Bertz CT molecular complexity index is 711. The molecule has 1 atom stereocenters. The molecule has 6 heteroatoms. The zero-order chi connectivity index (χ0) is 17.8. The van der Waals surface area contributed by atoms with Crippen LogP contribution in [0.15, 0.2) is 30.3 Å². The van der Waals surface area contributed by atoms with E-state index >= 15 is 0 Å². The van der Waals surface area contributed by atoms with Crippen LogP contribution in [0.25, 0.3) is 0 Å². The molecule has 1 aliphatic heterocycles. The Hall–Kier alpha value is -2.21. The van der Waals surface area contributed by atoms with Crippen LogP contribution in [0.3, 0.4) is 0 Å². The van der Waals surface area contributed by atoms with Crippen molar-refractivity contribution in [2.45, 2.75) is 45.8 Å². The summed E-state index contributed by atoms with van der Waals surface area (Å²) in [4.78, 5) is 14.1. The van der Waals surface area contributed by atoms with Gasteiger partial charge in [-0.3, -0.25) is 4.79 Å². The molecule has 2 aromatic rings. The van der Waals surface area contributed by atoms with Gasteiger partial charge in [0.15, 0.2) is 0 Å². The number of carbonyl (C=O) groups excluding carboxylic acids is 1. The molecule has 0 saturated carbocycles. The van der Waals surface area contributed by atoms with Crippen LogP contribution in [0.4, 0.5) is 0 Å². The van der Waals surface area contributed by atoms with Gasteiger partial charge in [0.25, 0.3) is 5.91 Å². The Kier molecular flexibility index (Phi) is 5.48. The van der Waals surface area contributed by atoms with Gasteiger partial charge in [0.1, 0.15) is 17.8 Å². The third-order valence-electron chi connectivity index (χ3n) is 4.78. The van der Waals surface area contributed by atoms with Gasteiger partial charge in [-0.05, 0) is 17.9 Å². The van der Waals surface area contributed by atoms with Crippen molar-refractivity contribution in [2.24, 2.45) is 5.92 Å². The van der Waals surface area contributed by atoms with Gasteiger partial charge in [-0.25, -0.2) is 0 Å². The second-order valence-corrected chi connectivity index (χ2v) is 6.93. The normalized spacial score (nSPS) is 15.8. The Labute approximate surface area is 148 Å². The first-order chi connectivity index (χ1) is 12.1. The number of hydrogen-bond acceptors (Lipinski definition) is 4. The molecule has 0 radical (unpaired) electrons. The van der Waals surface area contributed by atoms with Gasteiger partial charge < -0.3 is 14.6 Å². The molecule has 1 aromatic heterocycles. The number of benzene rings is 1. The highest BCUT2D eigenvalue weighted by Crippen LogP contribution is 2.14. The van der Waals surface area contributed by atoms with Crippen LogP contribution in [0.5, 0.6) is 0 Å². The number of nitrogens with zero attached hydrogens (tertiary/aromatic N) is 4. The highest BCUT2D eigenvalue weighted by molar-refractivity contribution is 5.80. The Balaban J connectivity index is 1.65. The molecule has 1 aromatic carbocycles. The molecule has 6 nitrogen and oxygen atoms in total. The van der Waals surface area contributed by atoms with Gasteiger partial charge in [-0.15, -0.1) is 10.2 Å². The van der Waals surface area contributed by atoms with Gasteiger partial charge in [0.05, 0.1) is 0 Å². The van der Waals surface area contributed by atoms with Crippen molar-refractivity contribution in [3.63, 3.8) is 0 Å². The minimum absolute atomic E-state index is 0.0732. The lowest BCUT2D eigenvalue weighted by Gasteiger charge is -2.24. The van der Waals surface area contributed by atoms with Crippen LogP contribution in [-0.2, 0) is 30.6 Å². The summed E-state index contributed by atoms with van der Waals surface area (Å²) in [5.41, 5.74) is 1.28. The maximum atomic E-state index is 12.4. The molecule has 0 aliphatic carbocycles. The minimum atomic E-state index is -0.930. The lowest BCUT2D eigenvalue weighted by molar-refractivity contribution is -0.142. The van der Waals surface area contributed by atoms with Crippen molar-refractivity contribution in [2.75, 3.05) is 13.1 Å². The van der Waals surface area contributed by atoms with E-state index in [1.165, 1.54) is 5.56 Å². The highest BCUT2D eigenvalue weighted by atomic mass is 16.3. The number of rotatable bonds is 5. The van der Waals surface area contributed by atoms with E-state index in [1.807, 2.05) is 32.0 Å². The fourth-order valence-corrected chi connectivity index (χ4v) is 3.16. The van der Waals surface area contributed by atoms with Crippen molar-refractivity contribution in [3.8, 4) is 0 Å². The van der Waals surface area contributed by atoms with Gasteiger partial charge in [-0.1, -0.05) is 44.2 Å². The fourth-order valence-electron chi connectivity index (χ4n) is 3.16. The quantitative estimate of drug-likeness (QED) is 0.893. The van der Waals surface area contributed by atoms with Crippen LogP contribution < -0.4 is 0 Å². The maximum absolute atomic E-state index is 12.4. The highest BCUT2D eigenvalue weighted by Gasteiger charge is 2.27. The topological polar surface area (TPSA) is 71.2 Å². The molecular formula is C19H26N4O2. The van der Waals surface area contributed by atoms with Gasteiger partial charge in [-0.2, -0.15) is 0 Å². The van der Waals surface area contributed by atoms with Crippen molar-refractivity contribution >= 4 is 5.91 Å². The number of amides is 1. The first-order valence-corrected chi connectivity index (χ1v) is 8.98. The number of hydrogen-bond donors (Lipinski definition) is 1. The summed E-state index contributed by atoms with van der Waals surface area (Å²) in [6.45, 7) is 5.57. The Morgan fingerprint density at radius 2 is 1.88 bits per heavy atom. The lowest BCUT2D eigenvalue weighted by atomic mass is 10.1. The standard InChI is InChI=1S/C19H26N4O2/c1-14(2)18(24)19(25)22-11-10-17-21-20-16(23(17)13-12-22)9-8-15-6-4-3-5-7-15/h3-7,14,18,24H,8-13H2,1-2H3/t18-/m0/s1. The second kappa shape index (κ2) is 7.78. The second-order valence-electron chi connectivity index (χ2n) is 6.93. The predicted molar refractivity (Wildman–Crippen MR) is 95.0 cm³/mol. The number of aryl methyl sites for hydroxylation is 2. The number of fused-ring (bicyclic) bond motifs is 1. The third kappa shape index (κ3) is 4.07. The smallest absolute Gasteiger partial charge is 0.251 e. The maximum Gasteiger partial charge on any atom is 0.251 e. The van der Waals surface area contributed by atoms with Crippen LogP contribution in [0.2, 0.25) is 0 Å². The van der Waals surface area contributed by atoms with E-state index in [4.69, 9.17) is 0 Å². The van der Waals surface area contributed by atoms with Crippen molar-refractivity contribution in [1.82, 2.24) is 19.7 Å². The molecule has 0 saturated heterocycles. The molecule has 1 N–H and O–H groups in total. The van der Waals surface area contributed by atoms with E-state index in [0.717, 1.165) is 24.5 Å². The molecule has 0 unspecified atom stereocenters. The Morgan fingerprint density at radius 3 is 2.60 bits per heavy atom. The molecule has 2 heterocycles. The number of aromatic nitrogens is 3. The third-order valence-corrected chi connectivity index (χ3v) is 4.78. The first kappa shape index (κ1) is 17.6. The fraction of sp³-hybridized carbons (Fsp3) is 0.526. The summed E-state index contributed by atoms with van der Waals surface area (Å²) in [5, 5.41) is 18.7. The van der Waals surface area contributed by atoms with E-state index in [9.17, 15) is 9.90 Å².